The number of carbonyl (C=O) groups excluding carboxylic acids is 1. The first kappa shape index (κ1) is 22.2. The molecular formula is C28H44O2. The van der Waals surface area contributed by atoms with Gasteiger partial charge >= 0.3 is 0 Å². The summed E-state index contributed by atoms with van der Waals surface area (Å²) in [5, 5.41) is 9.64. The van der Waals surface area contributed by atoms with Crippen molar-refractivity contribution in [3.63, 3.8) is 0 Å². The minimum absolute atomic E-state index is 0.0419. The molecule has 0 amide bonds. The molecule has 0 radical (unpaired) electrons. The van der Waals surface area contributed by atoms with Gasteiger partial charge in [0.2, 0.25) is 0 Å². The third kappa shape index (κ3) is 3.51. The highest BCUT2D eigenvalue weighted by Crippen LogP contribution is 2.67. The predicted molar refractivity (Wildman–Crippen MR) is 124 cm³/mol. The summed E-state index contributed by atoms with van der Waals surface area (Å²) in [5.74, 6) is 4.93. The molecule has 2 heteroatoms. The molecule has 168 valence electrons. The Bertz CT molecular complexity index is 731. The number of aliphatic hydroxyl groups excluding tert-OH is 1. The van der Waals surface area contributed by atoms with Crippen LogP contribution in [0.5, 0.6) is 0 Å². The van der Waals surface area contributed by atoms with Crippen molar-refractivity contribution in [1.82, 2.24) is 0 Å². The average molecular weight is 413 g/mol. The van der Waals surface area contributed by atoms with E-state index in [1.54, 1.807) is 0 Å². The summed E-state index contributed by atoms with van der Waals surface area (Å²) >= 11 is 0. The van der Waals surface area contributed by atoms with E-state index in [4.69, 9.17) is 0 Å². The van der Waals surface area contributed by atoms with Crippen molar-refractivity contribution in [3.8, 4) is 0 Å². The predicted octanol–water partition coefficient (Wildman–Crippen LogP) is 7.65. The molecule has 0 saturated heterocycles. The molecule has 0 aromatic carbocycles. The summed E-state index contributed by atoms with van der Waals surface area (Å²) in [7, 11) is 0. The van der Waals surface area contributed by atoms with Gasteiger partial charge in [0, 0.05) is 5.57 Å². The van der Waals surface area contributed by atoms with Crippen LogP contribution in [0.15, 0.2) is 23.5 Å². The monoisotopic (exact) mass is 412 g/mol. The maximum absolute atomic E-state index is 12.4. The Labute approximate surface area is 184 Å². The first-order valence-corrected chi connectivity index (χ1v) is 12.8. The zero-order chi connectivity index (χ0) is 21.7. The molecule has 4 rings (SSSR count). The van der Waals surface area contributed by atoms with Gasteiger partial charge in [-0.25, -0.2) is 0 Å². The Balaban J connectivity index is 1.52. The Hall–Kier alpha value is -1.05. The Morgan fingerprint density at radius 1 is 1.10 bits per heavy atom. The zero-order valence-corrected chi connectivity index (χ0v) is 20.0. The summed E-state index contributed by atoms with van der Waals surface area (Å²) in [6, 6.07) is 0. The first-order valence-electron chi connectivity index (χ1n) is 12.8. The van der Waals surface area contributed by atoms with E-state index >= 15 is 0 Å². The third-order valence-electron chi connectivity index (χ3n) is 10.3. The Morgan fingerprint density at radius 2 is 1.87 bits per heavy atom. The Kier molecular flexibility index (Phi) is 6.01. The second-order valence-electron chi connectivity index (χ2n) is 12.2. The van der Waals surface area contributed by atoms with Crippen molar-refractivity contribution in [1.29, 1.82) is 0 Å². The lowest BCUT2D eigenvalue weighted by atomic mass is 9.46. The smallest absolute Gasteiger partial charge is 0.184 e. The second kappa shape index (κ2) is 8.14. The summed E-state index contributed by atoms with van der Waals surface area (Å²) in [5.41, 5.74) is 2.59. The molecule has 0 unspecified atom stereocenters. The number of ketones is 1. The van der Waals surface area contributed by atoms with Crippen LogP contribution in [0.25, 0.3) is 0 Å². The van der Waals surface area contributed by atoms with Crippen molar-refractivity contribution < 1.29 is 9.90 Å². The second-order valence-corrected chi connectivity index (χ2v) is 12.2. The van der Waals surface area contributed by atoms with Gasteiger partial charge in [-0.1, -0.05) is 59.5 Å². The van der Waals surface area contributed by atoms with E-state index in [9.17, 15) is 9.90 Å². The van der Waals surface area contributed by atoms with Crippen LogP contribution in [-0.2, 0) is 4.79 Å². The molecule has 7 atom stereocenters. The van der Waals surface area contributed by atoms with Crippen molar-refractivity contribution in [2.24, 2.45) is 46.3 Å². The summed E-state index contributed by atoms with van der Waals surface area (Å²) in [6.45, 7) is 12.3. The van der Waals surface area contributed by atoms with E-state index < -0.39 is 0 Å². The number of hydrogen-bond acceptors (Lipinski definition) is 2. The fourth-order valence-electron chi connectivity index (χ4n) is 8.68. The summed E-state index contributed by atoms with van der Waals surface area (Å²) in [6.07, 6.45) is 15.7. The fraction of sp³-hybridized carbons (Fsp3) is 0.821. The third-order valence-corrected chi connectivity index (χ3v) is 10.3. The van der Waals surface area contributed by atoms with Gasteiger partial charge in [0.25, 0.3) is 0 Å². The van der Waals surface area contributed by atoms with Gasteiger partial charge in [-0.15, -0.1) is 0 Å². The SMILES string of the molecule is CC(C)CCC[C@@H](C)[C@H]1CC[C@H]2[C@@H]3CCC4=CC(=O)C(=CO)C[C@]4(C)[C@H]3CC[C@]12C. The molecule has 4 aliphatic carbocycles. The summed E-state index contributed by atoms with van der Waals surface area (Å²) < 4.78 is 0. The van der Waals surface area contributed by atoms with Crippen LogP contribution in [-0.4, -0.2) is 10.9 Å². The van der Waals surface area contributed by atoms with E-state index in [2.05, 4.69) is 34.6 Å². The van der Waals surface area contributed by atoms with Gasteiger partial charge in [0.15, 0.2) is 5.78 Å². The molecule has 0 aromatic rings. The largest absolute Gasteiger partial charge is 0.515 e. The van der Waals surface area contributed by atoms with Crippen LogP contribution in [0.2, 0.25) is 0 Å². The molecule has 0 aromatic heterocycles. The highest BCUT2D eigenvalue weighted by molar-refractivity contribution is 6.05. The van der Waals surface area contributed by atoms with Crippen molar-refractivity contribution >= 4 is 5.78 Å². The lowest BCUT2D eigenvalue weighted by molar-refractivity contribution is -0.113. The summed E-state index contributed by atoms with van der Waals surface area (Å²) in [4.78, 5) is 12.4. The van der Waals surface area contributed by atoms with Gasteiger partial charge in [-0.2, -0.15) is 0 Å². The van der Waals surface area contributed by atoms with E-state index in [0.717, 1.165) is 48.7 Å². The van der Waals surface area contributed by atoms with Crippen molar-refractivity contribution in [2.45, 2.75) is 98.8 Å². The molecule has 4 aliphatic rings. The van der Waals surface area contributed by atoms with E-state index in [1.807, 2.05) is 6.08 Å². The van der Waals surface area contributed by atoms with Crippen molar-refractivity contribution in [3.05, 3.63) is 23.5 Å². The zero-order valence-electron chi connectivity index (χ0n) is 20.0. The van der Waals surface area contributed by atoms with Crippen LogP contribution in [0.1, 0.15) is 98.8 Å². The normalized spacial score (nSPS) is 43.2. The minimum Gasteiger partial charge on any atom is -0.515 e. The maximum atomic E-state index is 12.4. The quantitative estimate of drug-likeness (QED) is 0.372. The van der Waals surface area contributed by atoms with Crippen LogP contribution in [0, 0.1) is 46.3 Å². The number of rotatable bonds is 5. The minimum atomic E-state index is 0.0419. The Morgan fingerprint density at radius 3 is 2.57 bits per heavy atom. The maximum Gasteiger partial charge on any atom is 0.184 e. The van der Waals surface area contributed by atoms with E-state index in [-0.39, 0.29) is 11.2 Å². The number of carbonyl (C=O) groups is 1. The van der Waals surface area contributed by atoms with Gasteiger partial charge < -0.3 is 5.11 Å². The lowest BCUT2D eigenvalue weighted by Crippen LogP contribution is -2.51. The standard InChI is InChI=1S/C28H44O2/c1-18(2)7-6-8-19(3)23-11-12-24-22-10-9-21-15-26(30)20(17-29)16-28(21,5)25(22)13-14-27(23,24)4/h15,17-19,22-25,29H,6-14,16H2,1-5H3/t19-,22+,23-,24+,25+,27-,28+/m1/s1. The van der Waals surface area contributed by atoms with E-state index in [1.165, 1.54) is 56.9 Å². The highest BCUT2D eigenvalue weighted by Gasteiger charge is 2.59. The average Bonchev–Trinajstić information content (AvgIpc) is 3.05. The van der Waals surface area contributed by atoms with Gasteiger partial charge in [0.1, 0.15) is 0 Å². The fourth-order valence-corrected chi connectivity index (χ4v) is 8.68. The van der Waals surface area contributed by atoms with Gasteiger partial charge in [-0.3, -0.25) is 4.79 Å². The molecule has 2 nitrogen and oxygen atoms in total. The van der Waals surface area contributed by atoms with Crippen LogP contribution in [0.4, 0.5) is 0 Å². The lowest BCUT2D eigenvalue weighted by Gasteiger charge is -2.58. The van der Waals surface area contributed by atoms with Crippen molar-refractivity contribution in [2.75, 3.05) is 0 Å². The number of hydrogen-bond donors (Lipinski definition) is 1. The molecular weight excluding hydrogens is 368 g/mol. The van der Waals surface area contributed by atoms with Crippen LogP contribution in [0.3, 0.4) is 0 Å². The topological polar surface area (TPSA) is 37.3 Å². The van der Waals surface area contributed by atoms with Gasteiger partial charge in [0.05, 0.1) is 6.26 Å². The number of allylic oxidation sites excluding steroid dienone is 2. The van der Waals surface area contributed by atoms with Gasteiger partial charge in [-0.05, 0) is 97.4 Å². The number of aliphatic hydroxyl groups is 1. The molecule has 0 aliphatic heterocycles. The highest BCUT2D eigenvalue weighted by atomic mass is 16.2. The molecule has 0 spiro atoms. The molecule has 1 N–H and O–H groups in total. The molecule has 3 fully saturated rings. The molecule has 3 saturated carbocycles. The van der Waals surface area contributed by atoms with Crippen LogP contribution >= 0.6 is 0 Å². The number of fused-ring (bicyclic) bond motifs is 5. The molecule has 0 heterocycles. The van der Waals surface area contributed by atoms with E-state index in [0.29, 0.717) is 16.9 Å². The first-order chi connectivity index (χ1) is 14.2. The van der Waals surface area contributed by atoms with Crippen LogP contribution < -0.4 is 0 Å². The molecule has 30 heavy (non-hydrogen) atoms. The molecule has 0 bridgehead atoms.